The first-order valence-corrected chi connectivity index (χ1v) is 6.34. The lowest BCUT2D eigenvalue weighted by atomic mass is 10.1. The summed E-state index contributed by atoms with van der Waals surface area (Å²) in [7, 11) is 2.86. The van der Waals surface area contributed by atoms with E-state index in [4.69, 9.17) is 9.47 Å². The Labute approximate surface area is 122 Å². The number of carbonyl (C=O) groups is 1. The van der Waals surface area contributed by atoms with Gasteiger partial charge in [0, 0.05) is 0 Å². The van der Waals surface area contributed by atoms with Crippen molar-refractivity contribution in [3.8, 4) is 5.75 Å². The van der Waals surface area contributed by atoms with Gasteiger partial charge in [0.2, 0.25) is 0 Å². The molecule has 0 aliphatic rings. The summed E-state index contributed by atoms with van der Waals surface area (Å²) in [5.74, 6) is -0.145. The molecule has 108 valence electrons. The van der Waals surface area contributed by atoms with Gasteiger partial charge in [-0.2, -0.15) is 0 Å². The molecular weight excluding hydrogens is 271 g/mol. The predicted octanol–water partition coefficient (Wildman–Crippen LogP) is 3.79. The molecule has 0 bridgehead atoms. The molecule has 3 nitrogen and oxygen atoms in total. The molecule has 0 spiro atoms. The molecule has 0 unspecified atom stereocenters. The Morgan fingerprint density at radius 3 is 2.38 bits per heavy atom. The van der Waals surface area contributed by atoms with Gasteiger partial charge in [-0.1, -0.05) is 30.4 Å². The lowest BCUT2D eigenvalue weighted by molar-refractivity contribution is 0.0600. The van der Waals surface area contributed by atoms with E-state index < -0.39 is 5.97 Å². The first-order valence-electron chi connectivity index (χ1n) is 6.34. The van der Waals surface area contributed by atoms with Crippen molar-refractivity contribution < 1.29 is 18.7 Å². The quantitative estimate of drug-likeness (QED) is 0.633. The minimum atomic E-state index is -0.437. The topological polar surface area (TPSA) is 35.5 Å². The summed E-state index contributed by atoms with van der Waals surface area (Å²) >= 11 is 0. The van der Waals surface area contributed by atoms with Crippen molar-refractivity contribution in [2.75, 3.05) is 14.2 Å². The Morgan fingerprint density at radius 1 is 1.05 bits per heavy atom. The van der Waals surface area contributed by atoms with E-state index in [1.54, 1.807) is 42.5 Å². The molecule has 0 aliphatic carbocycles. The van der Waals surface area contributed by atoms with Gasteiger partial charge in [0.25, 0.3) is 0 Å². The van der Waals surface area contributed by atoms with Gasteiger partial charge >= 0.3 is 5.97 Å². The van der Waals surface area contributed by atoms with Gasteiger partial charge in [-0.05, 0) is 35.4 Å². The predicted molar refractivity (Wildman–Crippen MR) is 79.7 cm³/mol. The summed E-state index contributed by atoms with van der Waals surface area (Å²) in [6.45, 7) is 0. The number of hydrogen-bond acceptors (Lipinski definition) is 3. The summed E-state index contributed by atoms with van der Waals surface area (Å²) in [4.78, 5) is 11.8. The van der Waals surface area contributed by atoms with Crippen molar-refractivity contribution in [3.63, 3.8) is 0 Å². The molecule has 0 saturated heterocycles. The van der Waals surface area contributed by atoms with Gasteiger partial charge in [-0.3, -0.25) is 0 Å². The lowest BCUT2D eigenvalue weighted by Gasteiger charge is -2.07. The molecule has 0 aliphatic heterocycles. The molecule has 2 aromatic carbocycles. The molecule has 0 radical (unpaired) electrons. The van der Waals surface area contributed by atoms with Crippen LogP contribution in [0.4, 0.5) is 4.39 Å². The van der Waals surface area contributed by atoms with E-state index in [9.17, 15) is 9.18 Å². The molecular formula is C17H15FO3. The van der Waals surface area contributed by atoms with Crippen LogP contribution in [-0.4, -0.2) is 20.2 Å². The Kier molecular flexibility index (Phi) is 4.72. The highest BCUT2D eigenvalue weighted by Gasteiger charge is 2.11. The largest absolute Gasteiger partial charge is 0.497 e. The Morgan fingerprint density at radius 2 is 1.76 bits per heavy atom. The average molecular weight is 286 g/mol. The molecule has 0 atom stereocenters. The molecule has 0 heterocycles. The van der Waals surface area contributed by atoms with Crippen LogP contribution < -0.4 is 4.74 Å². The van der Waals surface area contributed by atoms with Gasteiger partial charge in [0.1, 0.15) is 11.6 Å². The van der Waals surface area contributed by atoms with Crippen LogP contribution in [0.3, 0.4) is 0 Å². The van der Waals surface area contributed by atoms with Crippen LogP contribution in [0, 0.1) is 5.82 Å². The molecule has 0 saturated carbocycles. The molecule has 0 aromatic heterocycles. The third-order valence-electron chi connectivity index (χ3n) is 2.99. The van der Waals surface area contributed by atoms with Gasteiger partial charge in [-0.15, -0.1) is 0 Å². The highest BCUT2D eigenvalue weighted by Crippen LogP contribution is 2.21. The van der Waals surface area contributed by atoms with E-state index in [0.29, 0.717) is 16.9 Å². The van der Waals surface area contributed by atoms with Crippen LogP contribution in [0.15, 0.2) is 42.5 Å². The van der Waals surface area contributed by atoms with Gasteiger partial charge in [0.15, 0.2) is 0 Å². The van der Waals surface area contributed by atoms with Gasteiger partial charge < -0.3 is 9.47 Å². The highest BCUT2D eigenvalue weighted by atomic mass is 19.1. The van der Waals surface area contributed by atoms with Gasteiger partial charge in [-0.25, -0.2) is 9.18 Å². The maximum atomic E-state index is 12.8. The number of hydrogen-bond donors (Lipinski definition) is 0. The molecule has 4 heteroatoms. The molecule has 2 aromatic rings. The summed E-state index contributed by atoms with van der Waals surface area (Å²) in [5, 5.41) is 0. The van der Waals surface area contributed by atoms with E-state index in [-0.39, 0.29) is 5.82 Å². The third kappa shape index (κ3) is 3.69. The summed E-state index contributed by atoms with van der Waals surface area (Å²) in [5.41, 5.74) is 1.95. The smallest absolute Gasteiger partial charge is 0.338 e. The van der Waals surface area contributed by atoms with E-state index in [0.717, 1.165) is 5.56 Å². The number of carbonyl (C=O) groups excluding carboxylic acids is 1. The zero-order valence-electron chi connectivity index (χ0n) is 11.8. The van der Waals surface area contributed by atoms with Crippen LogP contribution >= 0.6 is 0 Å². The molecule has 0 N–H and O–H groups in total. The average Bonchev–Trinajstić information content (AvgIpc) is 2.53. The second-order valence-corrected chi connectivity index (χ2v) is 4.33. The number of benzene rings is 2. The molecule has 2 rings (SSSR count). The van der Waals surface area contributed by atoms with Crippen LogP contribution in [0.1, 0.15) is 21.5 Å². The maximum absolute atomic E-state index is 12.8. The van der Waals surface area contributed by atoms with E-state index in [2.05, 4.69) is 0 Å². The number of methoxy groups -OCH3 is 2. The fourth-order valence-corrected chi connectivity index (χ4v) is 1.85. The van der Waals surface area contributed by atoms with E-state index in [1.165, 1.54) is 26.4 Å². The number of esters is 1. The fraction of sp³-hybridized carbons (Fsp3) is 0.118. The number of halogens is 1. The molecule has 0 fully saturated rings. The second kappa shape index (κ2) is 6.70. The van der Waals surface area contributed by atoms with Crippen LogP contribution in [-0.2, 0) is 4.74 Å². The first kappa shape index (κ1) is 14.8. The fourth-order valence-electron chi connectivity index (χ4n) is 1.85. The molecule has 0 amide bonds. The normalized spacial score (nSPS) is 10.6. The first-order chi connectivity index (χ1) is 10.1. The standard InChI is InChI=1S/C17H15FO3/c1-20-15-10-7-13(16(11-15)17(19)21-2)6-3-12-4-8-14(18)9-5-12/h3-11H,1-2H3/b6-3+. The summed E-state index contributed by atoms with van der Waals surface area (Å²) in [6, 6.07) is 11.2. The summed E-state index contributed by atoms with van der Waals surface area (Å²) in [6.07, 6.45) is 3.58. The highest BCUT2D eigenvalue weighted by molar-refractivity contribution is 5.95. The minimum absolute atomic E-state index is 0.285. The van der Waals surface area contributed by atoms with Crippen molar-refractivity contribution >= 4 is 18.1 Å². The van der Waals surface area contributed by atoms with Gasteiger partial charge in [0.05, 0.1) is 19.8 Å². The zero-order chi connectivity index (χ0) is 15.2. The van der Waals surface area contributed by atoms with E-state index >= 15 is 0 Å². The van der Waals surface area contributed by atoms with Crippen molar-refractivity contribution in [3.05, 3.63) is 65.0 Å². The number of ether oxygens (including phenoxy) is 2. The number of rotatable bonds is 4. The second-order valence-electron chi connectivity index (χ2n) is 4.33. The zero-order valence-corrected chi connectivity index (χ0v) is 11.8. The van der Waals surface area contributed by atoms with Crippen LogP contribution in [0.25, 0.3) is 12.2 Å². The van der Waals surface area contributed by atoms with Crippen molar-refractivity contribution in [1.29, 1.82) is 0 Å². The Bertz CT molecular complexity index is 660. The van der Waals surface area contributed by atoms with Crippen LogP contribution in [0.2, 0.25) is 0 Å². The minimum Gasteiger partial charge on any atom is -0.497 e. The Hall–Kier alpha value is -2.62. The van der Waals surface area contributed by atoms with E-state index in [1.807, 2.05) is 0 Å². The van der Waals surface area contributed by atoms with Crippen LogP contribution in [0.5, 0.6) is 5.75 Å². The monoisotopic (exact) mass is 286 g/mol. The molecule has 21 heavy (non-hydrogen) atoms. The van der Waals surface area contributed by atoms with Crippen molar-refractivity contribution in [2.45, 2.75) is 0 Å². The maximum Gasteiger partial charge on any atom is 0.338 e. The SMILES string of the molecule is COC(=O)c1cc(OC)ccc1/C=C/c1ccc(F)cc1. The van der Waals surface area contributed by atoms with Crippen molar-refractivity contribution in [1.82, 2.24) is 0 Å². The summed E-state index contributed by atoms with van der Waals surface area (Å²) < 4.78 is 22.7. The van der Waals surface area contributed by atoms with Crippen molar-refractivity contribution in [2.24, 2.45) is 0 Å². The lowest BCUT2D eigenvalue weighted by Crippen LogP contribution is -2.04. The Balaban J connectivity index is 2.34. The third-order valence-corrected chi connectivity index (χ3v) is 2.99.